The number of anilines is 1. The Morgan fingerprint density at radius 3 is 2.83 bits per heavy atom. The largest absolute Gasteiger partial charge is 0.372 e. The number of hydrogen-bond donors (Lipinski definition) is 2. The molecule has 4 heteroatoms. The van der Waals surface area contributed by atoms with Crippen molar-refractivity contribution in [3.8, 4) is 0 Å². The van der Waals surface area contributed by atoms with Gasteiger partial charge in [-0.15, -0.1) is 0 Å². The number of nitrogens with zero attached hydrogens (tertiary/aromatic N) is 1. The Kier molecular flexibility index (Phi) is 4.19. The molecule has 1 heterocycles. The molecule has 0 aromatic carbocycles. The van der Waals surface area contributed by atoms with Gasteiger partial charge in [-0.25, -0.2) is 0 Å². The first-order valence-corrected chi connectivity index (χ1v) is 6.62. The minimum Gasteiger partial charge on any atom is -0.372 e. The summed E-state index contributed by atoms with van der Waals surface area (Å²) in [7, 11) is 0. The van der Waals surface area contributed by atoms with E-state index in [1.54, 1.807) is 6.20 Å². The average molecular weight is 249 g/mol. The van der Waals surface area contributed by atoms with Crippen LogP contribution in [-0.4, -0.2) is 11.1 Å². The van der Waals surface area contributed by atoms with E-state index in [4.69, 9.17) is 10.6 Å². The van der Waals surface area contributed by atoms with Gasteiger partial charge in [-0.2, -0.15) is 0 Å². The topological polar surface area (TPSA) is 60.2 Å². The zero-order valence-electron chi connectivity index (χ0n) is 11.3. The van der Waals surface area contributed by atoms with E-state index in [0.717, 1.165) is 24.2 Å². The third-order valence-corrected chi connectivity index (χ3v) is 3.74. The third-order valence-electron chi connectivity index (χ3n) is 3.74. The zero-order valence-corrected chi connectivity index (χ0v) is 11.3. The molecule has 1 aromatic rings. The van der Waals surface area contributed by atoms with Crippen LogP contribution in [0.3, 0.4) is 0 Å². The highest BCUT2D eigenvalue weighted by atomic mass is 16.5. The van der Waals surface area contributed by atoms with Crippen LogP contribution in [0, 0.1) is 5.41 Å². The van der Waals surface area contributed by atoms with Crippen molar-refractivity contribution in [3.63, 3.8) is 0 Å². The van der Waals surface area contributed by atoms with E-state index >= 15 is 0 Å². The molecule has 1 aromatic heterocycles. The van der Waals surface area contributed by atoms with Gasteiger partial charge in [-0.1, -0.05) is 13.8 Å². The SMILES string of the molecule is CC1(C)CCC(OCc2cc(NN)ccn2)CC1. The Morgan fingerprint density at radius 2 is 2.17 bits per heavy atom. The third kappa shape index (κ3) is 3.68. The molecular formula is C14H23N3O. The van der Waals surface area contributed by atoms with Crippen molar-refractivity contribution < 1.29 is 4.74 Å². The Bertz CT molecular complexity index is 382. The van der Waals surface area contributed by atoms with Crippen LogP contribution in [0.1, 0.15) is 45.2 Å². The standard InChI is InChI=1S/C14H23N3O/c1-14(2)6-3-13(4-7-14)18-10-12-9-11(17-15)5-8-16-12/h5,8-9,13H,3-4,6-7,10,15H2,1-2H3,(H,16,17). The molecule has 0 bridgehead atoms. The Morgan fingerprint density at radius 1 is 1.44 bits per heavy atom. The zero-order chi connectivity index (χ0) is 13.0. The van der Waals surface area contributed by atoms with Gasteiger partial charge in [0, 0.05) is 6.20 Å². The van der Waals surface area contributed by atoms with Crippen molar-refractivity contribution in [1.82, 2.24) is 4.98 Å². The molecule has 0 radical (unpaired) electrons. The number of ether oxygens (including phenoxy) is 1. The molecule has 0 atom stereocenters. The number of nitrogens with one attached hydrogen (secondary N) is 1. The van der Waals surface area contributed by atoms with E-state index in [2.05, 4.69) is 24.3 Å². The minimum absolute atomic E-state index is 0.384. The van der Waals surface area contributed by atoms with Crippen LogP contribution in [0.25, 0.3) is 0 Å². The van der Waals surface area contributed by atoms with Crippen LogP contribution in [0.4, 0.5) is 5.69 Å². The van der Waals surface area contributed by atoms with Gasteiger partial charge in [-0.05, 0) is 43.2 Å². The molecule has 1 aliphatic rings. The van der Waals surface area contributed by atoms with E-state index in [-0.39, 0.29) is 0 Å². The predicted molar refractivity (Wildman–Crippen MR) is 72.9 cm³/mol. The summed E-state index contributed by atoms with van der Waals surface area (Å²) in [6.07, 6.45) is 6.93. The summed E-state index contributed by atoms with van der Waals surface area (Å²) in [5.74, 6) is 5.37. The first-order valence-electron chi connectivity index (χ1n) is 6.62. The summed E-state index contributed by atoms with van der Waals surface area (Å²) >= 11 is 0. The molecule has 3 N–H and O–H groups in total. The number of nitrogen functional groups attached to an aromatic ring is 1. The van der Waals surface area contributed by atoms with Crippen molar-refractivity contribution in [1.29, 1.82) is 0 Å². The van der Waals surface area contributed by atoms with Crippen LogP contribution in [0.15, 0.2) is 18.3 Å². The second kappa shape index (κ2) is 5.67. The van der Waals surface area contributed by atoms with Crippen LogP contribution >= 0.6 is 0 Å². The van der Waals surface area contributed by atoms with Gasteiger partial charge in [0.15, 0.2) is 0 Å². The first kappa shape index (κ1) is 13.3. The van der Waals surface area contributed by atoms with Crippen molar-refractivity contribution >= 4 is 5.69 Å². The number of nitrogens with two attached hydrogens (primary N) is 1. The van der Waals surface area contributed by atoms with Crippen LogP contribution in [-0.2, 0) is 11.3 Å². The molecule has 18 heavy (non-hydrogen) atoms. The summed E-state index contributed by atoms with van der Waals surface area (Å²) in [5.41, 5.74) is 4.90. The molecule has 4 nitrogen and oxygen atoms in total. The van der Waals surface area contributed by atoms with E-state index in [0.29, 0.717) is 18.1 Å². The summed E-state index contributed by atoms with van der Waals surface area (Å²) in [6, 6.07) is 3.76. The number of hydrazine groups is 1. The second-order valence-corrected chi connectivity index (χ2v) is 5.85. The highest BCUT2D eigenvalue weighted by Crippen LogP contribution is 2.36. The van der Waals surface area contributed by atoms with E-state index in [1.807, 2.05) is 12.1 Å². The molecule has 0 aliphatic heterocycles. The summed E-state index contributed by atoms with van der Waals surface area (Å²) in [4.78, 5) is 4.28. The maximum atomic E-state index is 5.93. The Balaban J connectivity index is 1.81. The monoisotopic (exact) mass is 249 g/mol. The van der Waals surface area contributed by atoms with Crippen molar-refractivity contribution in [2.45, 2.75) is 52.2 Å². The van der Waals surface area contributed by atoms with Crippen molar-refractivity contribution in [3.05, 3.63) is 24.0 Å². The van der Waals surface area contributed by atoms with E-state index < -0.39 is 0 Å². The summed E-state index contributed by atoms with van der Waals surface area (Å²) in [6.45, 7) is 5.24. The second-order valence-electron chi connectivity index (χ2n) is 5.85. The maximum absolute atomic E-state index is 5.93. The number of rotatable bonds is 4. The van der Waals surface area contributed by atoms with Gasteiger partial charge in [0.05, 0.1) is 24.1 Å². The van der Waals surface area contributed by atoms with Crippen molar-refractivity contribution in [2.75, 3.05) is 5.43 Å². The van der Waals surface area contributed by atoms with Gasteiger partial charge in [-0.3, -0.25) is 10.8 Å². The molecule has 0 unspecified atom stereocenters. The van der Waals surface area contributed by atoms with Gasteiger partial charge >= 0.3 is 0 Å². The fraction of sp³-hybridized carbons (Fsp3) is 0.643. The van der Waals surface area contributed by atoms with Gasteiger partial charge in [0.1, 0.15) is 0 Å². The Hall–Kier alpha value is -1.13. The Labute approximate surface area is 109 Å². The van der Waals surface area contributed by atoms with E-state index in [9.17, 15) is 0 Å². The molecule has 1 fully saturated rings. The van der Waals surface area contributed by atoms with Crippen LogP contribution < -0.4 is 11.3 Å². The fourth-order valence-electron chi connectivity index (χ4n) is 2.39. The van der Waals surface area contributed by atoms with Crippen LogP contribution in [0.5, 0.6) is 0 Å². The molecule has 1 aliphatic carbocycles. The smallest absolute Gasteiger partial charge is 0.0892 e. The van der Waals surface area contributed by atoms with Crippen LogP contribution in [0.2, 0.25) is 0 Å². The lowest BCUT2D eigenvalue weighted by Gasteiger charge is -2.34. The molecule has 0 spiro atoms. The molecule has 0 amide bonds. The molecule has 100 valence electrons. The quantitative estimate of drug-likeness (QED) is 0.636. The van der Waals surface area contributed by atoms with Crippen molar-refractivity contribution in [2.24, 2.45) is 11.3 Å². The predicted octanol–water partition coefficient (Wildman–Crippen LogP) is 2.85. The fourth-order valence-corrected chi connectivity index (χ4v) is 2.39. The number of hydrogen-bond acceptors (Lipinski definition) is 4. The lowest BCUT2D eigenvalue weighted by atomic mass is 9.76. The summed E-state index contributed by atoms with van der Waals surface area (Å²) in [5, 5.41) is 0. The van der Waals surface area contributed by atoms with Gasteiger partial charge < -0.3 is 10.2 Å². The lowest BCUT2D eigenvalue weighted by Crippen LogP contribution is -2.26. The van der Waals surface area contributed by atoms with Gasteiger partial charge in [0.2, 0.25) is 0 Å². The minimum atomic E-state index is 0.384. The van der Waals surface area contributed by atoms with Gasteiger partial charge in [0.25, 0.3) is 0 Å². The highest BCUT2D eigenvalue weighted by Gasteiger charge is 2.27. The normalized spacial score (nSPS) is 19.7. The highest BCUT2D eigenvalue weighted by molar-refractivity contribution is 5.41. The molecule has 2 rings (SSSR count). The molecular weight excluding hydrogens is 226 g/mol. The average Bonchev–Trinajstić information content (AvgIpc) is 2.38. The van der Waals surface area contributed by atoms with E-state index in [1.165, 1.54) is 12.8 Å². The number of aromatic nitrogens is 1. The molecule has 0 saturated heterocycles. The first-order chi connectivity index (χ1) is 8.59. The molecule has 1 saturated carbocycles. The number of pyridine rings is 1. The lowest BCUT2D eigenvalue weighted by molar-refractivity contribution is -0.00686. The summed E-state index contributed by atoms with van der Waals surface area (Å²) < 4.78 is 5.93. The maximum Gasteiger partial charge on any atom is 0.0892 e.